The van der Waals surface area contributed by atoms with Gasteiger partial charge in [-0.05, 0) is 68.4 Å². The van der Waals surface area contributed by atoms with E-state index in [1.165, 1.54) is 11.8 Å². The molecule has 6 aromatic rings. The van der Waals surface area contributed by atoms with Gasteiger partial charge in [0, 0.05) is 28.0 Å². The molecule has 0 saturated carbocycles. The van der Waals surface area contributed by atoms with Crippen LogP contribution >= 0.6 is 0 Å². The lowest BCUT2D eigenvalue weighted by Gasteiger charge is -2.11. The SMILES string of the molecule is COC(=O)COc1ccc(-n2c(C)cc(C=Nn3c(-c4cc5ccccc5o4)nc4ccccc4c3=O)c2C)cc1. The Bertz CT molecular complexity index is 1960. The lowest BCUT2D eigenvalue weighted by molar-refractivity contribution is -0.142. The molecule has 3 aromatic carbocycles. The first-order valence-electron chi connectivity index (χ1n) is 13.0. The molecular formula is C32H26N4O5. The molecule has 0 amide bonds. The van der Waals surface area contributed by atoms with Crippen LogP contribution in [0.25, 0.3) is 39.1 Å². The van der Waals surface area contributed by atoms with E-state index in [-0.39, 0.29) is 12.2 Å². The Hall–Kier alpha value is -5.44. The first kappa shape index (κ1) is 25.8. The van der Waals surface area contributed by atoms with Crippen LogP contribution in [0.3, 0.4) is 0 Å². The maximum Gasteiger partial charge on any atom is 0.343 e. The smallest absolute Gasteiger partial charge is 0.343 e. The zero-order chi connectivity index (χ0) is 28.5. The predicted molar refractivity (Wildman–Crippen MR) is 157 cm³/mol. The molecule has 0 N–H and O–H groups in total. The molecule has 0 unspecified atom stereocenters. The number of para-hydroxylation sites is 2. The van der Waals surface area contributed by atoms with Crippen LogP contribution in [0.2, 0.25) is 0 Å². The van der Waals surface area contributed by atoms with Gasteiger partial charge in [-0.2, -0.15) is 9.78 Å². The maximum atomic E-state index is 13.6. The topological polar surface area (TPSA) is 101 Å². The van der Waals surface area contributed by atoms with Crippen molar-refractivity contribution < 1.29 is 18.7 Å². The fraction of sp³-hybridized carbons (Fsp3) is 0.125. The van der Waals surface area contributed by atoms with Gasteiger partial charge < -0.3 is 18.5 Å². The Balaban J connectivity index is 1.38. The Morgan fingerprint density at radius 2 is 1.76 bits per heavy atom. The summed E-state index contributed by atoms with van der Waals surface area (Å²) < 4.78 is 19.5. The molecule has 0 bridgehead atoms. The molecule has 0 fully saturated rings. The highest BCUT2D eigenvalue weighted by Crippen LogP contribution is 2.27. The molecule has 9 heteroatoms. The number of carbonyl (C=O) groups is 1. The molecule has 204 valence electrons. The van der Waals surface area contributed by atoms with Gasteiger partial charge in [0.2, 0.25) is 5.82 Å². The summed E-state index contributed by atoms with van der Waals surface area (Å²) in [7, 11) is 1.32. The molecule has 3 aromatic heterocycles. The summed E-state index contributed by atoms with van der Waals surface area (Å²) in [5.74, 6) is 0.882. The molecule has 6 rings (SSSR count). The summed E-state index contributed by atoms with van der Waals surface area (Å²) in [4.78, 5) is 29.7. The normalized spacial score (nSPS) is 11.5. The van der Waals surface area contributed by atoms with Gasteiger partial charge in [0.1, 0.15) is 11.3 Å². The highest BCUT2D eigenvalue weighted by Gasteiger charge is 2.17. The number of furan rings is 1. The number of esters is 1. The van der Waals surface area contributed by atoms with E-state index in [9.17, 15) is 9.59 Å². The molecule has 3 heterocycles. The van der Waals surface area contributed by atoms with Crippen molar-refractivity contribution in [3.05, 3.63) is 112 Å². The van der Waals surface area contributed by atoms with E-state index in [4.69, 9.17) is 14.1 Å². The van der Waals surface area contributed by atoms with Crippen molar-refractivity contribution in [1.29, 1.82) is 0 Å². The average molecular weight is 547 g/mol. The Morgan fingerprint density at radius 3 is 2.54 bits per heavy atom. The monoisotopic (exact) mass is 546 g/mol. The van der Waals surface area contributed by atoms with Crippen LogP contribution in [0.4, 0.5) is 0 Å². The number of ether oxygens (including phenoxy) is 2. The first-order chi connectivity index (χ1) is 19.9. The van der Waals surface area contributed by atoms with Crippen LogP contribution in [-0.4, -0.2) is 40.1 Å². The van der Waals surface area contributed by atoms with Gasteiger partial charge in [-0.25, -0.2) is 9.78 Å². The molecule has 0 spiro atoms. The highest BCUT2D eigenvalue weighted by atomic mass is 16.6. The minimum absolute atomic E-state index is 0.156. The highest BCUT2D eigenvalue weighted by molar-refractivity contribution is 5.85. The van der Waals surface area contributed by atoms with Gasteiger partial charge >= 0.3 is 5.97 Å². The van der Waals surface area contributed by atoms with E-state index in [0.717, 1.165) is 28.0 Å². The van der Waals surface area contributed by atoms with Crippen LogP contribution in [-0.2, 0) is 9.53 Å². The largest absolute Gasteiger partial charge is 0.482 e. The number of rotatable bonds is 7. The summed E-state index contributed by atoms with van der Waals surface area (Å²) in [6, 6.07) is 26.1. The Kier molecular flexibility index (Phi) is 6.68. The Morgan fingerprint density at radius 1 is 1.00 bits per heavy atom. The minimum atomic E-state index is -0.445. The van der Waals surface area contributed by atoms with Crippen LogP contribution in [0.5, 0.6) is 5.75 Å². The van der Waals surface area contributed by atoms with E-state index >= 15 is 0 Å². The van der Waals surface area contributed by atoms with Crippen molar-refractivity contribution >= 4 is 34.1 Å². The van der Waals surface area contributed by atoms with Gasteiger partial charge in [-0.1, -0.05) is 30.3 Å². The van der Waals surface area contributed by atoms with Gasteiger partial charge in [0.25, 0.3) is 5.56 Å². The number of hydrogen-bond acceptors (Lipinski definition) is 7. The second-order valence-electron chi connectivity index (χ2n) is 9.48. The molecule has 0 aliphatic carbocycles. The van der Waals surface area contributed by atoms with Crippen LogP contribution in [0.1, 0.15) is 17.0 Å². The Labute approximate surface area is 234 Å². The van der Waals surface area contributed by atoms with Crippen LogP contribution in [0, 0.1) is 13.8 Å². The quantitative estimate of drug-likeness (QED) is 0.189. The van der Waals surface area contributed by atoms with E-state index in [2.05, 4.69) is 14.4 Å². The average Bonchev–Trinajstić information content (AvgIpc) is 3.55. The van der Waals surface area contributed by atoms with Crippen molar-refractivity contribution in [1.82, 2.24) is 14.2 Å². The van der Waals surface area contributed by atoms with Crippen LogP contribution in [0.15, 0.2) is 99.2 Å². The molecule has 41 heavy (non-hydrogen) atoms. The van der Waals surface area contributed by atoms with E-state index < -0.39 is 5.97 Å². The summed E-state index contributed by atoms with van der Waals surface area (Å²) >= 11 is 0. The number of fused-ring (bicyclic) bond motifs is 2. The second kappa shape index (κ2) is 10.6. The minimum Gasteiger partial charge on any atom is -0.482 e. The number of aryl methyl sites for hydroxylation is 1. The third kappa shape index (κ3) is 4.89. The van der Waals surface area contributed by atoms with E-state index in [1.54, 1.807) is 36.5 Å². The van der Waals surface area contributed by atoms with Crippen molar-refractivity contribution in [3.63, 3.8) is 0 Å². The number of benzene rings is 3. The van der Waals surface area contributed by atoms with Gasteiger partial charge in [0.15, 0.2) is 12.4 Å². The molecule has 0 atom stereocenters. The van der Waals surface area contributed by atoms with Crippen molar-refractivity contribution in [2.45, 2.75) is 13.8 Å². The first-order valence-corrected chi connectivity index (χ1v) is 13.0. The molecule has 9 nitrogen and oxygen atoms in total. The van der Waals surface area contributed by atoms with E-state index in [1.807, 2.05) is 68.4 Å². The lowest BCUT2D eigenvalue weighted by Crippen LogP contribution is -2.20. The van der Waals surface area contributed by atoms with Crippen molar-refractivity contribution in [3.8, 4) is 23.0 Å². The lowest BCUT2D eigenvalue weighted by atomic mass is 10.2. The molecule has 0 radical (unpaired) electrons. The van der Waals surface area contributed by atoms with Crippen LogP contribution < -0.4 is 10.3 Å². The second-order valence-corrected chi connectivity index (χ2v) is 9.48. The third-order valence-corrected chi connectivity index (χ3v) is 6.86. The van der Waals surface area contributed by atoms with Gasteiger partial charge in [-0.3, -0.25) is 4.79 Å². The van der Waals surface area contributed by atoms with Gasteiger partial charge in [0.05, 0.1) is 24.2 Å². The number of nitrogens with zero attached hydrogens (tertiary/aromatic N) is 4. The predicted octanol–water partition coefficient (Wildman–Crippen LogP) is 5.65. The molecule has 0 aliphatic heterocycles. The maximum absolute atomic E-state index is 13.6. The molecule has 0 saturated heterocycles. The number of hydrogen-bond donors (Lipinski definition) is 0. The zero-order valence-electron chi connectivity index (χ0n) is 22.7. The molecule has 0 aliphatic rings. The van der Waals surface area contributed by atoms with Crippen molar-refractivity contribution in [2.75, 3.05) is 13.7 Å². The zero-order valence-corrected chi connectivity index (χ0v) is 22.7. The molecular weight excluding hydrogens is 520 g/mol. The van der Waals surface area contributed by atoms with Gasteiger partial charge in [-0.15, -0.1) is 0 Å². The van der Waals surface area contributed by atoms with Crippen molar-refractivity contribution in [2.24, 2.45) is 5.10 Å². The fourth-order valence-electron chi connectivity index (χ4n) is 4.81. The number of carbonyl (C=O) groups excluding carboxylic acids is 1. The summed E-state index contributed by atoms with van der Waals surface area (Å²) in [5, 5.41) is 5.99. The number of aromatic nitrogens is 3. The summed E-state index contributed by atoms with van der Waals surface area (Å²) in [6.45, 7) is 3.82. The third-order valence-electron chi connectivity index (χ3n) is 6.86. The number of methoxy groups -OCH3 is 1. The standard InChI is InChI=1S/C32H26N4O5/c1-20-16-23(21(2)35(20)24-12-14-25(15-13-24)40-19-30(37)39-3)18-33-36-31(29-17-22-8-4-7-11-28(22)41-29)34-27-10-6-5-9-26(27)32(36)38/h4-18H,19H2,1-3H3. The van der Waals surface area contributed by atoms with E-state index in [0.29, 0.717) is 33.8 Å². The summed E-state index contributed by atoms with van der Waals surface area (Å²) in [5.41, 5.74) is 4.64. The summed E-state index contributed by atoms with van der Waals surface area (Å²) in [6.07, 6.45) is 1.66. The fourth-order valence-corrected chi connectivity index (χ4v) is 4.81.